The smallest absolute Gasteiger partial charge is 0.192 e. The second kappa shape index (κ2) is 12.6. The highest BCUT2D eigenvalue weighted by molar-refractivity contribution is 9.10. The van der Waals surface area contributed by atoms with E-state index in [1.54, 1.807) is 11.1 Å². The number of anilines is 1. The maximum absolute atomic E-state index is 14.4. The van der Waals surface area contributed by atoms with E-state index in [1.165, 1.54) is 30.0 Å². The number of halogens is 2. The average molecular weight is 613 g/mol. The lowest BCUT2D eigenvalue weighted by atomic mass is 9.90. The third-order valence-corrected chi connectivity index (χ3v) is 13.6. The minimum Gasteiger partial charge on any atom is -0.413 e. The molecule has 0 saturated carbocycles. The van der Waals surface area contributed by atoms with E-state index in [-0.39, 0.29) is 10.9 Å². The number of hydrazine groups is 1. The molecule has 1 atom stereocenters. The third-order valence-electron chi connectivity index (χ3n) is 8.43. The van der Waals surface area contributed by atoms with Crippen LogP contribution in [-0.2, 0) is 24.1 Å². The monoisotopic (exact) mass is 611 g/mol. The van der Waals surface area contributed by atoms with E-state index >= 15 is 0 Å². The zero-order valence-corrected chi connectivity index (χ0v) is 26.6. The molecule has 7 heteroatoms. The fraction of sp³-hybridized carbons (Fsp3) is 0.438. The Morgan fingerprint density at radius 1 is 1.08 bits per heavy atom. The van der Waals surface area contributed by atoms with Crippen LogP contribution in [0.15, 0.2) is 71.2 Å². The number of piperidine rings is 1. The number of likely N-dealkylation sites (tertiary alicyclic amines) is 1. The summed E-state index contributed by atoms with van der Waals surface area (Å²) in [6, 6.07) is 22.4. The number of hydrogen-bond donors (Lipinski definition) is 1. The molecular formula is C32H43BrFN3OSi. The Bertz CT molecular complexity index is 1230. The van der Waals surface area contributed by atoms with Gasteiger partial charge in [-0.25, -0.2) is 10.2 Å². The molecule has 3 aromatic rings. The molecule has 0 aromatic heterocycles. The number of rotatable bonds is 9. The lowest BCUT2D eigenvalue weighted by Gasteiger charge is -2.36. The lowest BCUT2D eigenvalue weighted by molar-refractivity contribution is 0.200. The van der Waals surface area contributed by atoms with Crippen LogP contribution in [0.2, 0.25) is 18.1 Å². The summed E-state index contributed by atoms with van der Waals surface area (Å²) in [6.45, 7) is 15.1. The van der Waals surface area contributed by atoms with Crippen molar-refractivity contribution < 1.29 is 8.82 Å². The first-order chi connectivity index (χ1) is 18.4. The Hall–Kier alpha value is -2.03. The maximum atomic E-state index is 14.4. The van der Waals surface area contributed by atoms with Crippen molar-refractivity contribution in [1.82, 2.24) is 4.90 Å². The first-order valence-electron chi connectivity index (χ1n) is 13.9. The van der Waals surface area contributed by atoms with Crippen LogP contribution < -0.4 is 10.9 Å². The Kier molecular flexibility index (Phi) is 9.71. The zero-order valence-electron chi connectivity index (χ0n) is 24.0. The van der Waals surface area contributed by atoms with Crippen molar-refractivity contribution in [3.8, 4) is 0 Å². The molecule has 1 unspecified atom stereocenters. The van der Waals surface area contributed by atoms with Gasteiger partial charge in [0.05, 0.1) is 18.8 Å². The fourth-order valence-corrected chi connectivity index (χ4v) is 6.50. The van der Waals surface area contributed by atoms with Gasteiger partial charge in [-0.1, -0.05) is 79.2 Å². The highest BCUT2D eigenvalue weighted by Crippen LogP contribution is 2.38. The highest BCUT2D eigenvalue weighted by atomic mass is 79.9. The molecule has 2 N–H and O–H groups in total. The fourth-order valence-electron chi connectivity index (χ4n) is 4.95. The average Bonchev–Trinajstić information content (AvgIpc) is 2.89. The van der Waals surface area contributed by atoms with Crippen LogP contribution in [0.25, 0.3) is 0 Å². The van der Waals surface area contributed by atoms with Crippen molar-refractivity contribution in [1.29, 1.82) is 0 Å². The summed E-state index contributed by atoms with van der Waals surface area (Å²) in [7, 11) is -1.99. The number of benzene rings is 3. The molecule has 0 aliphatic carbocycles. The number of hydrogen-bond acceptors (Lipinski definition) is 4. The SMILES string of the molecule is CC(C)(C)[Si](C)(C)OCc1cc(F)cc(Br)c1CN(N)c1ccc(C2CCCN(Cc3ccccc3)C2)cc1. The first-order valence-corrected chi connectivity index (χ1v) is 17.6. The standard InChI is InChI=1S/C32H43BrFN3OSi/c1-32(2,3)39(4,5)38-23-27-18-28(34)19-31(33)30(27)22-37(35)29-15-13-25(14-16-29)26-12-9-17-36(21-26)20-24-10-7-6-8-11-24/h6-8,10-11,13-16,18-19,26H,9,12,17,20-23,35H2,1-5H3. The minimum absolute atomic E-state index is 0.0796. The Morgan fingerprint density at radius 2 is 1.77 bits per heavy atom. The molecule has 39 heavy (non-hydrogen) atoms. The molecule has 1 heterocycles. The predicted molar refractivity (Wildman–Crippen MR) is 167 cm³/mol. The van der Waals surface area contributed by atoms with Crippen LogP contribution in [0.5, 0.6) is 0 Å². The Balaban J connectivity index is 1.43. The number of nitrogens with two attached hydrogens (primary N) is 1. The van der Waals surface area contributed by atoms with Gasteiger partial charge in [-0.15, -0.1) is 0 Å². The zero-order chi connectivity index (χ0) is 28.2. The quantitative estimate of drug-likeness (QED) is 0.150. The normalized spacial score (nSPS) is 16.9. The van der Waals surface area contributed by atoms with Gasteiger partial charge < -0.3 is 9.43 Å². The Morgan fingerprint density at radius 3 is 2.44 bits per heavy atom. The van der Waals surface area contributed by atoms with Gasteiger partial charge in [0.2, 0.25) is 0 Å². The van der Waals surface area contributed by atoms with Crippen LogP contribution in [0.4, 0.5) is 10.1 Å². The summed E-state index contributed by atoms with van der Waals surface area (Å²) in [5.41, 5.74) is 5.44. The summed E-state index contributed by atoms with van der Waals surface area (Å²) in [5.74, 6) is 6.81. The van der Waals surface area contributed by atoms with E-state index in [2.05, 4.69) is 109 Å². The highest BCUT2D eigenvalue weighted by Gasteiger charge is 2.37. The summed E-state index contributed by atoms with van der Waals surface area (Å²) < 4.78 is 21.5. The summed E-state index contributed by atoms with van der Waals surface area (Å²) in [5, 5.41) is 1.82. The van der Waals surface area contributed by atoms with Crippen LogP contribution in [0, 0.1) is 5.82 Å². The molecule has 4 rings (SSSR count). The van der Waals surface area contributed by atoms with E-state index in [9.17, 15) is 4.39 Å². The molecule has 3 aromatic carbocycles. The van der Waals surface area contributed by atoms with Crippen molar-refractivity contribution in [2.45, 2.75) is 77.4 Å². The molecule has 1 saturated heterocycles. The van der Waals surface area contributed by atoms with Gasteiger partial charge in [-0.05, 0) is 90.0 Å². The second-order valence-corrected chi connectivity index (χ2v) is 18.0. The van der Waals surface area contributed by atoms with Crippen LogP contribution in [0.1, 0.15) is 61.8 Å². The number of nitrogens with zero attached hydrogens (tertiary/aromatic N) is 2. The largest absolute Gasteiger partial charge is 0.413 e. The molecule has 1 aliphatic rings. The van der Waals surface area contributed by atoms with Crippen molar-refractivity contribution >= 4 is 29.9 Å². The molecule has 0 amide bonds. The summed E-state index contributed by atoms with van der Waals surface area (Å²) in [6.07, 6.45) is 2.41. The van der Waals surface area contributed by atoms with Crippen LogP contribution in [0.3, 0.4) is 0 Å². The molecule has 1 aliphatic heterocycles. The first kappa shape index (κ1) is 29.9. The van der Waals surface area contributed by atoms with Gasteiger partial charge in [0.15, 0.2) is 8.32 Å². The van der Waals surface area contributed by atoms with Crippen LogP contribution >= 0.6 is 15.9 Å². The lowest BCUT2D eigenvalue weighted by Crippen LogP contribution is -2.40. The molecule has 0 spiro atoms. The molecule has 1 fully saturated rings. The molecule has 0 bridgehead atoms. The van der Waals surface area contributed by atoms with Gasteiger partial charge in [-0.3, -0.25) is 4.90 Å². The third kappa shape index (κ3) is 7.79. The van der Waals surface area contributed by atoms with Crippen molar-refractivity contribution in [2.24, 2.45) is 5.84 Å². The van der Waals surface area contributed by atoms with Gasteiger partial charge in [-0.2, -0.15) is 0 Å². The van der Waals surface area contributed by atoms with Gasteiger partial charge in [0.25, 0.3) is 0 Å². The summed E-state index contributed by atoms with van der Waals surface area (Å²) >= 11 is 3.58. The van der Waals surface area contributed by atoms with E-state index in [4.69, 9.17) is 10.3 Å². The van der Waals surface area contributed by atoms with E-state index in [0.717, 1.165) is 36.4 Å². The van der Waals surface area contributed by atoms with Crippen molar-refractivity contribution in [3.05, 3.63) is 99.3 Å². The second-order valence-electron chi connectivity index (χ2n) is 12.4. The molecule has 4 nitrogen and oxygen atoms in total. The predicted octanol–water partition coefficient (Wildman–Crippen LogP) is 8.37. The van der Waals surface area contributed by atoms with E-state index in [0.29, 0.717) is 23.5 Å². The Labute approximate surface area is 243 Å². The van der Waals surface area contributed by atoms with Crippen molar-refractivity contribution in [2.75, 3.05) is 18.1 Å². The van der Waals surface area contributed by atoms with Crippen molar-refractivity contribution in [3.63, 3.8) is 0 Å². The molecule has 0 radical (unpaired) electrons. The topological polar surface area (TPSA) is 41.7 Å². The van der Waals surface area contributed by atoms with E-state index in [1.807, 2.05) is 0 Å². The molecular weight excluding hydrogens is 569 g/mol. The maximum Gasteiger partial charge on any atom is 0.192 e. The van der Waals surface area contributed by atoms with Gasteiger partial charge in [0.1, 0.15) is 5.82 Å². The van der Waals surface area contributed by atoms with E-state index < -0.39 is 8.32 Å². The van der Waals surface area contributed by atoms with Gasteiger partial charge in [0, 0.05) is 17.6 Å². The molecule has 210 valence electrons. The minimum atomic E-state index is -1.99. The van der Waals surface area contributed by atoms with Gasteiger partial charge >= 0.3 is 0 Å². The van der Waals surface area contributed by atoms with Crippen LogP contribution in [-0.4, -0.2) is 26.3 Å². The summed E-state index contributed by atoms with van der Waals surface area (Å²) in [4.78, 5) is 2.56.